The van der Waals surface area contributed by atoms with Gasteiger partial charge in [0, 0.05) is 0 Å². The maximum atomic E-state index is 10.5. The standard InChI is InChI=1S/C7H11IO2/c1-5(8)3-4-7(10)6(2)9/h3,7,10H,4H2,1-2H3/b5-3-/t7-/m1/s1. The van der Waals surface area contributed by atoms with E-state index in [1.807, 2.05) is 13.0 Å². The van der Waals surface area contributed by atoms with Gasteiger partial charge in [0.25, 0.3) is 0 Å². The van der Waals surface area contributed by atoms with Gasteiger partial charge in [0.15, 0.2) is 5.78 Å². The number of rotatable bonds is 3. The smallest absolute Gasteiger partial charge is 0.158 e. The van der Waals surface area contributed by atoms with Gasteiger partial charge in [-0.25, -0.2) is 0 Å². The quantitative estimate of drug-likeness (QED) is 0.778. The maximum Gasteiger partial charge on any atom is 0.158 e. The highest BCUT2D eigenvalue weighted by Crippen LogP contribution is 2.06. The molecule has 0 aromatic heterocycles. The summed E-state index contributed by atoms with van der Waals surface area (Å²) in [5, 5.41) is 8.98. The number of carbonyl (C=O) groups excluding carboxylic acids is 1. The zero-order valence-electron chi connectivity index (χ0n) is 6.10. The Morgan fingerprint density at radius 3 is 2.50 bits per heavy atom. The molecule has 10 heavy (non-hydrogen) atoms. The zero-order valence-corrected chi connectivity index (χ0v) is 8.25. The molecule has 0 bridgehead atoms. The fraction of sp³-hybridized carbons (Fsp3) is 0.571. The SMILES string of the molecule is CC(=O)[C@H](O)C/C=C(/C)I. The van der Waals surface area contributed by atoms with Crippen LogP contribution in [0, 0.1) is 0 Å². The molecule has 0 saturated carbocycles. The molecule has 0 aliphatic heterocycles. The second-order valence-electron chi connectivity index (χ2n) is 2.15. The van der Waals surface area contributed by atoms with Crippen molar-refractivity contribution in [1.82, 2.24) is 0 Å². The van der Waals surface area contributed by atoms with Crippen molar-refractivity contribution in [2.24, 2.45) is 0 Å². The van der Waals surface area contributed by atoms with Gasteiger partial charge in [0.05, 0.1) is 0 Å². The van der Waals surface area contributed by atoms with Gasteiger partial charge >= 0.3 is 0 Å². The molecule has 58 valence electrons. The number of carbonyl (C=O) groups is 1. The van der Waals surface area contributed by atoms with Crippen molar-refractivity contribution in [3.8, 4) is 0 Å². The number of ketones is 1. The van der Waals surface area contributed by atoms with Crippen LogP contribution in [0.1, 0.15) is 20.3 Å². The first kappa shape index (κ1) is 10.1. The van der Waals surface area contributed by atoms with Crippen LogP contribution in [0.2, 0.25) is 0 Å². The van der Waals surface area contributed by atoms with Crippen molar-refractivity contribution in [3.63, 3.8) is 0 Å². The first-order valence-electron chi connectivity index (χ1n) is 3.05. The Kier molecular flexibility index (Phi) is 4.89. The maximum absolute atomic E-state index is 10.5. The lowest BCUT2D eigenvalue weighted by atomic mass is 10.2. The van der Waals surface area contributed by atoms with Crippen molar-refractivity contribution in [1.29, 1.82) is 0 Å². The Hall–Kier alpha value is 0.100. The van der Waals surface area contributed by atoms with Crippen LogP contribution in [-0.4, -0.2) is 17.0 Å². The van der Waals surface area contributed by atoms with E-state index in [1.54, 1.807) is 0 Å². The highest BCUT2D eigenvalue weighted by atomic mass is 127. The van der Waals surface area contributed by atoms with Gasteiger partial charge in [-0.2, -0.15) is 0 Å². The van der Waals surface area contributed by atoms with Crippen LogP contribution in [0.4, 0.5) is 0 Å². The summed E-state index contributed by atoms with van der Waals surface area (Å²) in [5.74, 6) is -0.172. The monoisotopic (exact) mass is 254 g/mol. The third kappa shape index (κ3) is 4.93. The lowest BCUT2D eigenvalue weighted by molar-refractivity contribution is -0.124. The molecule has 0 aromatic rings. The van der Waals surface area contributed by atoms with E-state index in [-0.39, 0.29) is 5.78 Å². The summed E-state index contributed by atoms with van der Waals surface area (Å²) in [4.78, 5) is 10.5. The largest absolute Gasteiger partial charge is 0.385 e. The molecule has 1 N–H and O–H groups in total. The molecule has 0 amide bonds. The zero-order chi connectivity index (χ0) is 8.15. The molecule has 0 heterocycles. The van der Waals surface area contributed by atoms with Crippen molar-refractivity contribution in [2.75, 3.05) is 0 Å². The highest BCUT2D eigenvalue weighted by Gasteiger charge is 2.06. The Morgan fingerprint density at radius 2 is 2.20 bits per heavy atom. The highest BCUT2D eigenvalue weighted by molar-refractivity contribution is 14.1. The molecule has 0 aromatic carbocycles. The molecule has 0 unspecified atom stereocenters. The Morgan fingerprint density at radius 1 is 1.70 bits per heavy atom. The van der Waals surface area contributed by atoms with Gasteiger partial charge in [-0.3, -0.25) is 4.79 Å². The lowest BCUT2D eigenvalue weighted by Gasteiger charge is -2.00. The molecule has 0 saturated heterocycles. The number of hydrogen-bond acceptors (Lipinski definition) is 2. The van der Waals surface area contributed by atoms with Crippen LogP contribution in [-0.2, 0) is 4.79 Å². The first-order chi connectivity index (χ1) is 4.54. The van der Waals surface area contributed by atoms with E-state index in [4.69, 9.17) is 5.11 Å². The minimum atomic E-state index is -0.815. The van der Waals surface area contributed by atoms with Gasteiger partial charge in [-0.05, 0) is 46.4 Å². The minimum Gasteiger partial charge on any atom is -0.385 e. The van der Waals surface area contributed by atoms with E-state index in [0.717, 1.165) is 3.58 Å². The van der Waals surface area contributed by atoms with Crippen molar-refractivity contribution < 1.29 is 9.90 Å². The summed E-state index contributed by atoms with van der Waals surface area (Å²) in [7, 11) is 0. The van der Waals surface area contributed by atoms with Crippen LogP contribution >= 0.6 is 22.6 Å². The second kappa shape index (κ2) is 4.85. The number of allylic oxidation sites excluding steroid dienone is 1. The third-order valence-electron chi connectivity index (χ3n) is 1.09. The summed E-state index contributed by atoms with van der Waals surface area (Å²) in [6.45, 7) is 3.31. The predicted octanol–water partition coefficient (Wildman–Crippen LogP) is 1.67. The van der Waals surface area contributed by atoms with Crippen molar-refractivity contribution >= 4 is 28.4 Å². The summed E-state index contributed by atoms with van der Waals surface area (Å²) in [6.07, 6.45) is 1.46. The van der Waals surface area contributed by atoms with Crippen LogP contribution in [0.15, 0.2) is 9.66 Å². The number of aliphatic hydroxyl groups excluding tert-OH is 1. The van der Waals surface area contributed by atoms with Crippen molar-refractivity contribution in [3.05, 3.63) is 9.66 Å². The minimum absolute atomic E-state index is 0.172. The molecule has 0 aliphatic rings. The molecule has 1 atom stereocenters. The molecule has 0 spiro atoms. The number of hydrogen-bond donors (Lipinski definition) is 1. The average molecular weight is 254 g/mol. The number of aliphatic hydroxyl groups is 1. The lowest BCUT2D eigenvalue weighted by Crippen LogP contribution is -2.15. The van der Waals surface area contributed by atoms with E-state index < -0.39 is 6.10 Å². The van der Waals surface area contributed by atoms with Crippen molar-refractivity contribution in [2.45, 2.75) is 26.4 Å². The van der Waals surface area contributed by atoms with E-state index in [9.17, 15) is 4.79 Å². The molecule has 0 radical (unpaired) electrons. The fourth-order valence-electron chi connectivity index (χ4n) is 0.440. The summed E-state index contributed by atoms with van der Waals surface area (Å²) < 4.78 is 1.10. The van der Waals surface area contributed by atoms with Gasteiger partial charge in [-0.1, -0.05) is 6.08 Å². The molecule has 3 heteroatoms. The Labute approximate surface area is 74.5 Å². The van der Waals surface area contributed by atoms with Gasteiger partial charge in [0.2, 0.25) is 0 Å². The molecular formula is C7H11IO2. The normalized spacial score (nSPS) is 15.0. The predicted molar refractivity (Wildman–Crippen MR) is 49.1 cm³/mol. The second-order valence-corrected chi connectivity index (χ2v) is 3.85. The Bertz CT molecular complexity index is 148. The topological polar surface area (TPSA) is 37.3 Å². The first-order valence-corrected chi connectivity index (χ1v) is 4.12. The van der Waals surface area contributed by atoms with E-state index in [1.165, 1.54) is 6.92 Å². The van der Waals surface area contributed by atoms with Gasteiger partial charge < -0.3 is 5.11 Å². The molecule has 0 aliphatic carbocycles. The third-order valence-corrected chi connectivity index (χ3v) is 1.53. The number of halogens is 1. The summed E-state index contributed by atoms with van der Waals surface area (Å²) >= 11 is 2.14. The van der Waals surface area contributed by atoms with Crippen LogP contribution in [0.25, 0.3) is 0 Å². The van der Waals surface area contributed by atoms with E-state index >= 15 is 0 Å². The van der Waals surface area contributed by atoms with Gasteiger partial charge in [0.1, 0.15) is 6.10 Å². The van der Waals surface area contributed by atoms with E-state index in [0.29, 0.717) is 6.42 Å². The van der Waals surface area contributed by atoms with E-state index in [2.05, 4.69) is 22.6 Å². The van der Waals surface area contributed by atoms with Gasteiger partial charge in [-0.15, -0.1) is 0 Å². The molecule has 2 nitrogen and oxygen atoms in total. The summed E-state index contributed by atoms with van der Waals surface area (Å²) in [6, 6.07) is 0. The number of Topliss-reactive ketones (excluding diaryl/α,β-unsaturated/α-hetero) is 1. The fourth-order valence-corrected chi connectivity index (χ4v) is 0.694. The molecular weight excluding hydrogens is 243 g/mol. The average Bonchev–Trinajstić information content (AvgIpc) is 1.82. The molecule has 0 fully saturated rings. The van der Waals surface area contributed by atoms with Crippen LogP contribution in [0.3, 0.4) is 0 Å². The Balaban J connectivity index is 3.70. The molecule has 0 rings (SSSR count). The van der Waals surface area contributed by atoms with Crippen LogP contribution < -0.4 is 0 Å². The van der Waals surface area contributed by atoms with Crippen LogP contribution in [0.5, 0.6) is 0 Å². The summed E-state index contributed by atoms with van der Waals surface area (Å²) in [5.41, 5.74) is 0.